The molecule has 6 heteroatoms. The van der Waals surface area contributed by atoms with E-state index in [4.69, 9.17) is 4.74 Å². The van der Waals surface area contributed by atoms with Gasteiger partial charge in [0.05, 0.1) is 5.69 Å². The second-order valence-corrected chi connectivity index (χ2v) is 6.07. The third kappa shape index (κ3) is 3.82. The van der Waals surface area contributed by atoms with Gasteiger partial charge in [-0.25, -0.2) is 4.79 Å². The zero-order chi connectivity index (χ0) is 16.9. The number of nitrogens with zero attached hydrogens (tertiary/aromatic N) is 1. The first-order valence-electron chi connectivity index (χ1n) is 8.25. The van der Waals surface area contributed by atoms with E-state index in [0.29, 0.717) is 5.69 Å². The van der Waals surface area contributed by atoms with E-state index < -0.39 is 12.1 Å². The molecule has 1 heterocycles. The first-order chi connectivity index (χ1) is 11.6. The molecule has 3 rings (SSSR count). The van der Waals surface area contributed by atoms with Gasteiger partial charge in [-0.1, -0.05) is 43.2 Å². The van der Waals surface area contributed by atoms with E-state index in [0.717, 1.165) is 31.2 Å². The van der Waals surface area contributed by atoms with Crippen LogP contribution in [-0.4, -0.2) is 34.2 Å². The molecule has 1 unspecified atom stereocenters. The summed E-state index contributed by atoms with van der Waals surface area (Å²) in [4.78, 5) is 24.2. The van der Waals surface area contributed by atoms with Gasteiger partial charge in [-0.15, -0.1) is 0 Å². The molecule has 2 aromatic rings. The van der Waals surface area contributed by atoms with Crippen LogP contribution in [0.4, 0.5) is 0 Å². The molecule has 1 saturated carbocycles. The predicted octanol–water partition coefficient (Wildman–Crippen LogP) is 2.68. The van der Waals surface area contributed by atoms with Crippen molar-refractivity contribution >= 4 is 11.9 Å². The minimum absolute atomic E-state index is 0.204. The molecule has 1 amide bonds. The number of esters is 1. The van der Waals surface area contributed by atoms with Crippen molar-refractivity contribution in [3.63, 3.8) is 0 Å². The van der Waals surface area contributed by atoms with Crippen LogP contribution < -0.4 is 5.32 Å². The van der Waals surface area contributed by atoms with Crippen LogP contribution >= 0.6 is 0 Å². The Balaban J connectivity index is 1.58. The third-order valence-electron chi connectivity index (χ3n) is 4.22. The smallest absolute Gasteiger partial charge is 0.357 e. The van der Waals surface area contributed by atoms with Crippen molar-refractivity contribution in [2.45, 2.75) is 44.8 Å². The number of nitrogens with one attached hydrogen (secondary N) is 2. The van der Waals surface area contributed by atoms with E-state index >= 15 is 0 Å². The highest BCUT2D eigenvalue weighted by molar-refractivity contribution is 5.91. The number of hydrogen-bond acceptors (Lipinski definition) is 4. The lowest BCUT2D eigenvalue weighted by Gasteiger charge is -2.16. The summed E-state index contributed by atoms with van der Waals surface area (Å²) < 4.78 is 5.24. The second kappa shape index (κ2) is 7.29. The Morgan fingerprint density at radius 3 is 2.67 bits per heavy atom. The van der Waals surface area contributed by atoms with Gasteiger partial charge < -0.3 is 10.1 Å². The van der Waals surface area contributed by atoms with Gasteiger partial charge in [-0.3, -0.25) is 9.89 Å². The monoisotopic (exact) mass is 327 g/mol. The number of hydrogen-bond donors (Lipinski definition) is 2. The third-order valence-corrected chi connectivity index (χ3v) is 4.22. The van der Waals surface area contributed by atoms with Crippen LogP contribution in [0.1, 0.15) is 43.1 Å². The molecule has 1 fully saturated rings. The number of carbonyl (C=O) groups is 2. The maximum atomic E-state index is 12.2. The summed E-state index contributed by atoms with van der Waals surface area (Å²) in [6, 6.07) is 11.4. The molecule has 1 atom stereocenters. The molecule has 126 valence electrons. The van der Waals surface area contributed by atoms with Crippen LogP contribution in [0.3, 0.4) is 0 Å². The van der Waals surface area contributed by atoms with E-state index in [2.05, 4.69) is 15.5 Å². The average molecular weight is 327 g/mol. The highest BCUT2D eigenvalue weighted by atomic mass is 16.5. The van der Waals surface area contributed by atoms with Crippen molar-refractivity contribution in [2.75, 3.05) is 0 Å². The molecule has 0 aliphatic heterocycles. The molecule has 6 nitrogen and oxygen atoms in total. The van der Waals surface area contributed by atoms with Crippen molar-refractivity contribution in [1.82, 2.24) is 15.5 Å². The summed E-state index contributed by atoms with van der Waals surface area (Å²) in [5, 5.41) is 9.71. The van der Waals surface area contributed by atoms with Crippen LogP contribution in [0.2, 0.25) is 0 Å². The van der Waals surface area contributed by atoms with Gasteiger partial charge in [0.15, 0.2) is 6.10 Å². The lowest BCUT2D eigenvalue weighted by Crippen LogP contribution is -2.40. The molecular formula is C18H21N3O3. The van der Waals surface area contributed by atoms with Crippen LogP contribution in [0, 0.1) is 0 Å². The topological polar surface area (TPSA) is 84.1 Å². The summed E-state index contributed by atoms with van der Waals surface area (Å²) >= 11 is 0. The molecule has 2 N–H and O–H groups in total. The Kier molecular flexibility index (Phi) is 4.93. The Labute approximate surface area is 140 Å². The van der Waals surface area contributed by atoms with Crippen molar-refractivity contribution < 1.29 is 14.3 Å². The van der Waals surface area contributed by atoms with E-state index in [1.54, 1.807) is 13.0 Å². The van der Waals surface area contributed by atoms with Crippen LogP contribution in [0.15, 0.2) is 36.4 Å². The number of amides is 1. The van der Waals surface area contributed by atoms with E-state index in [-0.39, 0.29) is 17.6 Å². The lowest BCUT2D eigenvalue weighted by molar-refractivity contribution is -0.129. The Hall–Kier alpha value is -2.63. The standard InChI is InChI=1S/C18H21N3O3/c1-12(17(22)19-14-9-5-6-10-14)24-18(23)16-11-15(20-21-16)13-7-3-2-4-8-13/h2-4,7-8,11-12,14H,5-6,9-10H2,1H3,(H,19,22)(H,20,21). The molecule has 1 aliphatic carbocycles. The number of ether oxygens (including phenoxy) is 1. The fourth-order valence-corrected chi connectivity index (χ4v) is 2.85. The van der Waals surface area contributed by atoms with Gasteiger partial charge in [0, 0.05) is 11.6 Å². The summed E-state index contributed by atoms with van der Waals surface area (Å²) in [6.07, 6.45) is 3.42. The first kappa shape index (κ1) is 16.2. The van der Waals surface area contributed by atoms with Gasteiger partial charge in [0.25, 0.3) is 5.91 Å². The number of rotatable bonds is 5. The zero-order valence-electron chi connectivity index (χ0n) is 13.6. The van der Waals surface area contributed by atoms with Gasteiger partial charge in [-0.2, -0.15) is 5.10 Å². The van der Waals surface area contributed by atoms with Crippen LogP contribution in [-0.2, 0) is 9.53 Å². The molecule has 24 heavy (non-hydrogen) atoms. The summed E-state index contributed by atoms with van der Waals surface area (Å²) in [6.45, 7) is 1.58. The molecular weight excluding hydrogens is 306 g/mol. The number of carbonyl (C=O) groups excluding carboxylic acids is 2. The van der Waals surface area contributed by atoms with Crippen molar-refractivity contribution in [1.29, 1.82) is 0 Å². The summed E-state index contributed by atoms with van der Waals surface area (Å²) in [7, 11) is 0. The first-order valence-corrected chi connectivity index (χ1v) is 8.25. The minimum Gasteiger partial charge on any atom is -0.448 e. The predicted molar refractivity (Wildman–Crippen MR) is 89.3 cm³/mol. The van der Waals surface area contributed by atoms with Gasteiger partial charge in [0.1, 0.15) is 5.69 Å². The van der Waals surface area contributed by atoms with Crippen molar-refractivity contribution in [2.24, 2.45) is 0 Å². The van der Waals surface area contributed by atoms with E-state index in [9.17, 15) is 9.59 Å². The quantitative estimate of drug-likeness (QED) is 0.827. The molecule has 0 bridgehead atoms. The fraction of sp³-hybridized carbons (Fsp3) is 0.389. The largest absolute Gasteiger partial charge is 0.448 e. The van der Waals surface area contributed by atoms with Crippen molar-refractivity contribution in [3.8, 4) is 11.3 Å². The van der Waals surface area contributed by atoms with E-state index in [1.165, 1.54) is 0 Å². The summed E-state index contributed by atoms with van der Waals surface area (Å²) in [5.74, 6) is -0.836. The van der Waals surface area contributed by atoms with Crippen molar-refractivity contribution in [3.05, 3.63) is 42.1 Å². The molecule has 0 saturated heterocycles. The minimum atomic E-state index is -0.832. The molecule has 0 radical (unpaired) electrons. The SMILES string of the molecule is CC(OC(=O)c1cc(-c2ccccc2)n[nH]1)C(=O)NC1CCCC1. The van der Waals surface area contributed by atoms with Gasteiger partial charge >= 0.3 is 5.97 Å². The zero-order valence-corrected chi connectivity index (χ0v) is 13.6. The van der Waals surface area contributed by atoms with Crippen LogP contribution in [0.5, 0.6) is 0 Å². The maximum absolute atomic E-state index is 12.2. The highest BCUT2D eigenvalue weighted by Gasteiger charge is 2.24. The number of aromatic nitrogens is 2. The number of H-pyrrole nitrogens is 1. The van der Waals surface area contributed by atoms with E-state index in [1.807, 2.05) is 30.3 Å². The number of benzene rings is 1. The molecule has 1 aromatic heterocycles. The number of aromatic amines is 1. The maximum Gasteiger partial charge on any atom is 0.357 e. The molecule has 1 aromatic carbocycles. The average Bonchev–Trinajstić information content (AvgIpc) is 3.27. The highest BCUT2D eigenvalue weighted by Crippen LogP contribution is 2.19. The van der Waals surface area contributed by atoms with Crippen LogP contribution in [0.25, 0.3) is 11.3 Å². The normalized spacial score (nSPS) is 15.9. The van der Waals surface area contributed by atoms with Gasteiger partial charge in [0.2, 0.25) is 0 Å². The fourth-order valence-electron chi connectivity index (χ4n) is 2.85. The Bertz CT molecular complexity index is 705. The molecule has 1 aliphatic rings. The summed E-state index contributed by atoms with van der Waals surface area (Å²) in [5.41, 5.74) is 1.79. The second-order valence-electron chi connectivity index (χ2n) is 6.07. The molecule has 0 spiro atoms. The van der Waals surface area contributed by atoms with Gasteiger partial charge in [-0.05, 0) is 25.8 Å². The lowest BCUT2D eigenvalue weighted by atomic mass is 10.1. The Morgan fingerprint density at radius 1 is 1.25 bits per heavy atom. The Morgan fingerprint density at radius 2 is 1.96 bits per heavy atom.